The molecule has 0 saturated carbocycles. The van der Waals surface area contributed by atoms with Crippen LogP contribution in [-0.4, -0.2) is 96.0 Å². The van der Waals surface area contributed by atoms with Gasteiger partial charge in [-0.25, -0.2) is 0 Å². The van der Waals surface area contributed by atoms with Crippen molar-refractivity contribution in [1.29, 1.82) is 0 Å². The van der Waals surface area contributed by atoms with E-state index in [1.54, 1.807) is 0 Å². The van der Waals surface area contributed by atoms with Crippen molar-refractivity contribution < 1.29 is 56.8 Å². The molecule has 1 rings (SSSR count). The second-order valence-electron chi connectivity index (χ2n) is 12.9. The van der Waals surface area contributed by atoms with E-state index in [-0.39, 0.29) is 19.4 Å². The Morgan fingerprint density at radius 1 is 0.688 bits per heavy atom. The molecule has 13 heteroatoms. The second kappa shape index (κ2) is 27.2. The molecule has 6 atom stereocenters. The van der Waals surface area contributed by atoms with Crippen molar-refractivity contribution in [3.8, 4) is 0 Å². The van der Waals surface area contributed by atoms with Crippen LogP contribution in [-0.2, 0) is 38.7 Å². The van der Waals surface area contributed by atoms with Crippen molar-refractivity contribution in [3.63, 3.8) is 0 Å². The molecular weight excluding hydrogens is 644 g/mol. The molecule has 0 bridgehead atoms. The SMILES string of the molecule is CCCC/C=C\CCCCCCCC(=O)OC(COC(=O)CCCCCCCCCCC)COC1OC(CS(=O)(=O)O)C(O)C(O)C1O. The molecule has 282 valence electrons. The third-order valence-corrected chi connectivity index (χ3v) is 9.10. The highest BCUT2D eigenvalue weighted by atomic mass is 32.2. The second-order valence-corrected chi connectivity index (χ2v) is 14.4. The molecule has 0 amide bonds. The van der Waals surface area contributed by atoms with E-state index in [0.717, 1.165) is 57.8 Å². The van der Waals surface area contributed by atoms with Crippen LogP contribution in [0.1, 0.15) is 142 Å². The number of unbranched alkanes of at least 4 members (excludes halogenated alkanes) is 15. The maximum Gasteiger partial charge on any atom is 0.306 e. The first-order valence-corrected chi connectivity index (χ1v) is 19.9. The molecule has 1 aliphatic rings. The van der Waals surface area contributed by atoms with Crippen LogP contribution in [0.5, 0.6) is 0 Å². The van der Waals surface area contributed by atoms with Gasteiger partial charge < -0.3 is 34.3 Å². The van der Waals surface area contributed by atoms with Gasteiger partial charge in [-0.2, -0.15) is 8.42 Å². The minimum Gasteiger partial charge on any atom is -0.462 e. The first kappa shape index (κ1) is 44.4. The molecule has 0 aromatic carbocycles. The first-order chi connectivity index (χ1) is 23.0. The van der Waals surface area contributed by atoms with E-state index in [1.807, 2.05) is 0 Å². The lowest BCUT2D eigenvalue weighted by molar-refractivity contribution is -0.297. The third kappa shape index (κ3) is 22.2. The predicted molar refractivity (Wildman–Crippen MR) is 183 cm³/mol. The molecule has 0 spiro atoms. The summed E-state index contributed by atoms with van der Waals surface area (Å²) in [5.74, 6) is -2.00. The Kier molecular flexibility index (Phi) is 25.1. The Balaban J connectivity index is 2.57. The van der Waals surface area contributed by atoms with Gasteiger partial charge in [-0.05, 0) is 32.1 Å². The first-order valence-electron chi connectivity index (χ1n) is 18.2. The summed E-state index contributed by atoms with van der Waals surface area (Å²) in [7, 11) is -4.59. The fourth-order valence-electron chi connectivity index (χ4n) is 5.42. The van der Waals surface area contributed by atoms with Gasteiger partial charge >= 0.3 is 11.9 Å². The summed E-state index contributed by atoms with van der Waals surface area (Å²) in [5, 5.41) is 30.6. The minimum absolute atomic E-state index is 0.156. The maximum atomic E-state index is 12.7. The fourth-order valence-corrected chi connectivity index (χ4v) is 6.11. The van der Waals surface area contributed by atoms with Gasteiger partial charge in [-0.15, -0.1) is 0 Å². The minimum atomic E-state index is -4.59. The molecule has 1 heterocycles. The van der Waals surface area contributed by atoms with Crippen LogP contribution in [0.4, 0.5) is 0 Å². The van der Waals surface area contributed by atoms with Gasteiger partial charge in [0, 0.05) is 12.8 Å². The van der Waals surface area contributed by atoms with Gasteiger partial charge in [0.1, 0.15) is 36.8 Å². The van der Waals surface area contributed by atoms with Gasteiger partial charge in [0.2, 0.25) is 0 Å². The molecule has 0 aliphatic carbocycles. The Morgan fingerprint density at radius 2 is 1.21 bits per heavy atom. The highest BCUT2D eigenvalue weighted by molar-refractivity contribution is 7.85. The third-order valence-electron chi connectivity index (χ3n) is 8.35. The van der Waals surface area contributed by atoms with Gasteiger partial charge in [-0.1, -0.05) is 109 Å². The van der Waals surface area contributed by atoms with Crippen molar-refractivity contribution in [2.45, 2.75) is 179 Å². The van der Waals surface area contributed by atoms with Crippen LogP contribution in [0.15, 0.2) is 12.2 Å². The van der Waals surface area contributed by atoms with Crippen molar-refractivity contribution in [2.75, 3.05) is 19.0 Å². The standard InChI is InChI=1S/C35H64O12S/c1-3-5-7-9-11-13-14-16-18-20-22-24-31(37)46-28(25-44-30(36)23-21-19-17-15-12-10-8-6-4-2)26-45-35-34(40)33(39)32(38)29(47-35)27-48(41,42)43/h9,11,28-29,32-35,38-40H,3-8,10,12-27H2,1-2H3,(H,41,42,43)/b11-9-. The average Bonchev–Trinajstić information content (AvgIpc) is 3.04. The number of aliphatic hydroxyl groups excluding tert-OH is 3. The van der Waals surface area contributed by atoms with Crippen molar-refractivity contribution in [2.24, 2.45) is 0 Å². The van der Waals surface area contributed by atoms with Crippen LogP contribution in [0, 0.1) is 0 Å². The number of carbonyl (C=O) groups excluding carboxylic acids is 2. The lowest BCUT2D eigenvalue weighted by atomic mass is 10.00. The van der Waals surface area contributed by atoms with Crippen LogP contribution >= 0.6 is 0 Å². The van der Waals surface area contributed by atoms with Gasteiger partial charge in [0.15, 0.2) is 12.4 Å². The van der Waals surface area contributed by atoms with Crippen molar-refractivity contribution in [3.05, 3.63) is 12.2 Å². The summed E-state index contributed by atoms with van der Waals surface area (Å²) in [6, 6.07) is 0. The van der Waals surface area contributed by atoms with E-state index in [0.29, 0.717) is 12.8 Å². The summed E-state index contributed by atoms with van der Waals surface area (Å²) in [6.45, 7) is 3.65. The Hall–Kier alpha value is -1.61. The molecule has 1 saturated heterocycles. The van der Waals surface area contributed by atoms with Gasteiger partial charge in [-0.3, -0.25) is 14.1 Å². The maximum absolute atomic E-state index is 12.7. The summed E-state index contributed by atoms with van der Waals surface area (Å²) in [4.78, 5) is 25.1. The van der Waals surface area contributed by atoms with Crippen LogP contribution in [0.2, 0.25) is 0 Å². The summed E-state index contributed by atoms with van der Waals surface area (Å²) < 4.78 is 53.6. The van der Waals surface area contributed by atoms with Gasteiger partial charge in [0.05, 0.1) is 6.61 Å². The molecule has 0 aromatic heterocycles. The largest absolute Gasteiger partial charge is 0.462 e. The van der Waals surface area contributed by atoms with Crippen LogP contribution < -0.4 is 0 Å². The van der Waals surface area contributed by atoms with Crippen LogP contribution in [0.3, 0.4) is 0 Å². The van der Waals surface area contributed by atoms with E-state index in [2.05, 4.69) is 26.0 Å². The average molecular weight is 709 g/mol. The van der Waals surface area contributed by atoms with Crippen molar-refractivity contribution >= 4 is 22.1 Å². The number of hydrogen-bond donors (Lipinski definition) is 4. The Labute approximate surface area is 288 Å². The quantitative estimate of drug-likeness (QED) is 0.0329. The zero-order valence-corrected chi connectivity index (χ0v) is 30.2. The predicted octanol–water partition coefficient (Wildman–Crippen LogP) is 5.55. The van der Waals surface area contributed by atoms with E-state index in [4.69, 9.17) is 18.9 Å². The van der Waals surface area contributed by atoms with E-state index in [9.17, 15) is 37.9 Å². The normalized spacial score (nSPS) is 22.2. The molecule has 0 aromatic rings. The smallest absolute Gasteiger partial charge is 0.306 e. The van der Waals surface area contributed by atoms with E-state index >= 15 is 0 Å². The molecule has 4 N–H and O–H groups in total. The fraction of sp³-hybridized carbons (Fsp3) is 0.886. The summed E-state index contributed by atoms with van der Waals surface area (Å²) in [5.41, 5.74) is 0. The number of hydrogen-bond acceptors (Lipinski definition) is 11. The van der Waals surface area contributed by atoms with Crippen LogP contribution in [0.25, 0.3) is 0 Å². The number of rotatable bonds is 29. The number of carbonyl (C=O) groups is 2. The number of aliphatic hydroxyl groups is 3. The molecule has 6 unspecified atom stereocenters. The summed E-state index contributed by atoms with van der Waals surface area (Å²) >= 11 is 0. The molecule has 12 nitrogen and oxygen atoms in total. The Bertz CT molecular complexity index is 973. The Morgan fingerprint density at radius 3 is 1.79 bits per heavy atom. The molecular formula is C35H64O12S. The highest BCUT2D eigenvalue weighted by Gasteiger charge is 2.46. The highest BCUT2D eigenvalue weighted by Crippen LogP contribution is 2.24. The van der Waals surface area contributed by atoms with E-state index in [1.165, 1.54) is 44.9 Å². The lowest BCUT2D eigenvalue weighted by Gasteiger charge is -2.40. The topological polar surface area (TPSA) is 186 Å². The monoisotopic (exact) mass is 708 g/mol. The van der Waals surface area contributed by atoms with Crippen molar-refractivity contribution in [1.82, 2.24) is 0 Å². The van der Waals surface area contributed by atoms with E-state index < -0.39 is 71.2 Å². The lowest BCUT2D eigenvalue weighted by Crippen LogP contribution is -2.60. The zero-order chi connectivity index (χ0) is 35.6. The zero-order valence-electron chi connectivity index (χ0n) is 29.3. The summed E-state index contributed by atoms with van der Waals surface area (Å²) in [6.07, 6.45) is 14.3. The molecule has 1 aliphatic heterocycles. The van der Waals surface area contributed by atoms with Gasteiger partial charge in [0.25, 0.3) is 10.1 Å². The molecule has 48 heavy (non-hydrogen) atoms. The molecule has 0 radical (unpaired) electrons. The number of esters is 2. The number of ether oxygens (including phenoxy) is 4. The molecule has 1 fully saturated rings. The number of allylic oxidation sites excluding steroid dienone is 2.